The number of hydrogen-bond acceptors (Lipinski definition) is 5. The highest BCUT2D eigenvalue weighted by Gasteiger charge is 2.38. The molecule has 0 amide bonds. The van der Waals surface area contributed by atoms with Gasteiger partial charge in [0.1, 0.15) is 12.2 Å². The van der Waals surface area contributed by atoms with Crippen LogP contribution >= 0.6 is 0 Å². The molecule has 2 rings (SSSR count). The second-order valence-corrected chi connectivity index (χ2v) is 6.23. The predicted molar refractivity (Wildman–Crippen MR) is 60.9 cm³/mol. The number of aliphatic hydroxyl groups is 1. The van der Waals surface area contributed by atoms with Gasteiger partial charge >= 0.3 is 0 Å². The van der Waals surface area contributed by atoms with Gasteiger partial charge in [0.15, 0.2) is 27.7 Å². The molecule has 1 aromatic carbocycles. The smallest absolute Gasteiger partial charge is 0.166 e. The lowest BCUT2D eigenvalue weighted by molar-refractivity contribution is 0.0701. The monoisotopic (exact) mass is 274 g/mol. The van der Waals surface area contributed by atoms with Crippen molar-refractivity contribution >= 4 is 16.1 Å². The van der Waals surface area contributed by atoms with Crippen LogP contribution in [-0.4, -0.2) is 43.5 Å². The quantitative estimate of drug-likeness (QED) is 0.795. The number of aliphatic hydroxyl groups excluding tert-OH is 1. The molecule has 0 bridgehead atoms. The number of para-hydroxylation sites is 1. The van der Waals surface area contributed by atoms with E-state index in [0.717, 1.165) is 6.07 Å². The molecular weight excluding hydrogens is 263 g/mol. The molecule has 0 aliphatic carbocycles. The average molecular weight is 274 g/mol. The van der Waals surface area contributed by atoms with E-state index in [0.29, 0.717) is 6.29 Å². The first-order valence-corrected chi connectivity index (χ1v) is 7.04. The SMILES string of the molecule is O=Cc1cccc(F)c1OC1CS(=O)(=O)CC1O. The molecule has 18 heavy (non-hydrogen) atoms. The predicted octanol–water partition coefficient (Wildman–Crippen LogP) is 0.175. The molecule has 0 spiro atoms. The van der Waals surface area contributed by atoms with Gasteiger partial charge in [-0.2, -0.15) is 0 Å². The fraction of sp³-hybridized carbons (Fsp3) is 0.364. The minimum Gasteiger partial charge on any atom is -0.483 e. The summed E-state index contributed by atoms with van der Waals surface area (Å²) in [7, 11) is -3.38. The van der Waals surface area contributed by atoms with Crippen molar-refractivity contribution in [1.29, 1.82) is 0 Å². The Morgan fingerprint density at radius 2 is 2.11 bits per heavy atom. The maximum atomic E-state index is 13.5. The van der Waals surface area contributed by atoms with Crippen LogP contribution in [0, 0.1) is 5.82 Å². The first-order chi connectivity index (χ1) is 8.43. The van der Waals surface area contributed by atoms with Crippen molar-refractivity contribution in [2.75, 3.05) is 11.5 Å². The number of hydrogen-bond donors (Lipinski definition) is 1. The van der Waals surface area contributed by atoms with E-state index in [1.807, 2.05) is 0 Å². The summed E-state index contributed by atoms with van der Waals surface area (Å²) in [5.74, 6) is -1.90. The minimum absolute atomic E-state index is 0.0218. The van der Waals surface area contributed by atoms with E-state index >= 15 is 0 Å². The van der Waals surface area contributed by atoms with E-state index in [2.05, 4.69) is 0 Å². The van der Waals surface area contributed by atoms with Crippen molar-refractivity contribution in [1.82, 2.24) is 0 Å². The first-order valence-electron chi connectivity index (χ1n) is 5.22. The molecule has 98 valence electrons. The van der Waals surface area contributed by atoms with Crippen LogP contribution in [-0.2, 0) is 9.84 Å². The van der Waals surface area contributed by atoms with Crippen LogP contribution in [0.1, 0.15) is 10.4 Å². The third-order valence-electron chi connectivity index (χ3n) is 2.67. The normalized spacial score (nSPS) is 25.9. The Bertz CT molecular complexity index is 569. The van der Waals surface area contributed by atoms with Crippen LogP contribution in [0.25, 0.3) is 0 Å². The van der Waals surface area contributed by atoms with Crippen molar-refractivity contribution in [3.05, 3.63) is 29.6 Å². The molecule has 1 N–H and O–H groups in total. The van der Waals surface area contributed by atoms with Crippen LogP contribution < -0.4 is 4.74 Å². The van der Waals surface area contributed by atoms with Gasteiger partial charge in [0.25, 0.3) is 0 Å². The minimum atomic E-state index is -3.38. The zero-order chi connectivity index (χ0) is 13.3. The highest BCUT2D eigenvalue weighted by molar-refractivity contribution is 7.91. The lowest BCUT2D eigenvalue weighted by atomic mass is 10.2. The molecule has 1 aromatic rings. The number of rotatable bonds is 3. The third-order valence-corrected chi connectivity index (χ3v) is 4.35. The van der Waals surface area contributed by atoms with Crippen LogP contribution in [0.2, 0.25) is 0 Å². The summed E-state index contributed by atoms with van der Waals surface area (Å²) in [6.07, 6.45) is -1.85. The molecule has 0 aromatic heterocycles. The number of carbonyl (C=O) groups excluding carboxylic acids is 1. The molecule has 1 aliphatic heterocycles. The van der Waals surface area contributed by atoms with Gasteiger partial charge in [-0.25, -0.2) is 12.8 Å². The highest BCUT2D eigenvalue weighted by Crippen LogP contribution is 2.25. The summed E-state index contributed by atoms with van der Waals surface area (Å²) in [6.45, 7) is 0. The van der Waals surface area contributed by atoms with Crippen LogP contribution in [0.15, 0.2) is 18.2 Å². The van der Waals surface area contributed by atoms with Crippen LogP contribution in [0.5, 0.6) is 5.75 Å². The fourth-order valence-electron chi connectivity index (χ4n) is 1.80. The summed E-state index contributed by atoms with van der Waals surface area (Å²) in [5, 5.41) is 9.53. The Labute approximate surface area is 103 Å². The Balaban J connectivity index is 2.28. The maximum absolute atomic E-state index is 13.5. The van der Waals surface area contributed by atoms with Gasteiger partial charge in [0, 0.05) is 0 Å². The van der Waals surface area contributed by atoms with E-state index in [1.165, 1.54) is 12.1 Å². The van der Waals surface area contributed by atoms with Gasteiger partial charge in [0.05, 0.1) is 17.1 Å². The molecule has 5 nitrogen and oxygen atoms in total. The molecule has 0 saturated carbocycles. The van der Waals surface area contributed by atoms with E-state index in [1.54, 1.807) is 0 Å². The molecule has 1 aliphatic rings. The summed E-state index contributed by atoms with van der Waals surface area (Å²) >= 11 is 0. The van der Waals surface area contributed by atoms with Crippen molar-refractivity contribution in [3.63, 3.8) is 0 Å². The van der Waals surface area contributed by atoms with E-state index in [-0.39, 0.29) is 17.1 Å². The van der Waals surface area contributed by atoms with Gasteiger partial charge in [0.2, 0.25) is 0 Å². The number of sulfone groups is 1. The summed E-state index contributed by atoms with van der Waals surface area (Å²) in [6, 6.07) is 3.78. The zero-order valence-corrected chi connectivity index (χ0v) is 10.1. The lowest BCUT2D eigenvalue weighted by Crippen LogP contribution is -2.30. The molecule has 0 radical (unpaired) electrons. The average Bonchev–Trinajstić information content (AvgIpc) is 2.54. The summed E-state index contributed by atoms with van der Waals surface area (Å²) in [4.78, 5) is 10.7. The number of halogens is 1. The Hall–Kier alpha value is -1.47. The number of carbonyl (C=O) groups is 1. The zero-order valence-electron chi connectivity index (χ0n) is 9.24. The molecular formula is C11H11FO5S. The second kappa shape index (κ2) is 4.66. The van der Waals surface area contributed by atoms with E-state index < -0.39 is 33.6 Å². The molecule has 1 fully saturated rings. The van der Waals surface area contributed by atoms with Crippen molar-refractivity contribution in [2.24, 2.45) is 0 Å². The molecule has 2 atom stereocenters. The highest BCUT2D eigenvalue weighted by atomic mass is 32.2. The van der Waals surface area contributed by atoms with E-state index in [9.17, 15) is 22.7 Å². The Morgan fingerprint density at radius 3 is 2.67 bits per heavy atom. The largest absolute Gasteiger partial charge is 0.483 e. The topological polar surface area (TPSA) is 80.7 Å². The summed E-state index contributed by atoms with van der Waals surface area (Å²) < 4.78 is 41.2. The van der Waals surface area contributed by atoms with E-state index in [4.69, 9.17) is 4.74 Å². The second-order valence-electron chi connectivity index (χ2n) is 4.08. The van der Waals surface area contributed by atoms with Crippen molar-refractivity contribution in [2.45, 2.75) is 12.2 Å². The van der Waals surface area contributed by atoms with Gasteiger partial charge in [-0.3, -0.25) is 4.79 Å². The molecule has 1 saturated heterocycles. The van der Waals surface area contributed by atoms with Gasteiger partial charge in [-0.05, 0) is 12.1 Å². The maximum Gasteiger partial charge on any atom is 0.166 e. The van der Waals surface area contributed by atoms with Crippen molar-refractivity contribution < 1.29 is 27.4 Å². The lowest BCUT2D eigenvalue weighted by Gasteiger charge is -2.17. The van der Waals surface area contributed by atoms with Crippen molar-refractivity contribution in [3.8, 4) is 5.75 Å². The van der Waals surface area contributed by atoms with Gasteiger partial charge in [-0.15, -0.1) is 0 Å². The number of ether oxygens (including phenoxy) is 1. The fourth-order valence-corrected chi connectivity index (χ4v) is 3.47. The third kappa shape index (κ3) is 2.51. The molecule has 1 heterocycles. The van der Waals surface area contributed by atoms with Crippen LogP contribution in [0.4, 0.5) is 4.39 Å². The number of benzene rings is 1. The standard InChI is InChI=1S/C11H11FO5S/c12-8-3-1-2-7(4-13)11(8)17-10-6-18(15,16)5-9(10)14/h1-4,9-10,14H,5-6H2. The molecule has 2 unspecified atom stereocenters. The van der Waals surface area contributed by atoms with Gasteiger partial charge in [-0.1, -0.05) is 6.07 Å². The first kappa shape index (κ1) is 13.0. The molecule has 7 heteroatoms. The van der Waals surface area contributed by atoms with Crippen LogP contribution in [0.3, 0.4) is 0 Å². The summed E-state index contributed by atoms with van der Waals surface area (Å²) in [5.41, 5.74) is -0.0218. The number of aldehydes is 1. The van der Waals surface area contributed by atoms with Gasteiger partial charge < -0.3 is 9.84 Å². The Morgan fingerprint density at radius 1 is 1.39 bits per heavy atom. The Kier molecular flexibility index (Phi) is 3.36.